The highest BCUT2D eigenvalue weighted by atomic mass is 16.2. The number of nitrogens with zero attached hydrogens (tertiary/aromatic N) is 4. The number of rotatable bonds is 6. The third-order valence-corrected chi connectivity index (χ3v) is 5.22. The molecule has 1 aliphatic heterocycles. The molecule has 6 heteroatoms. The average Bonchev–Trinajstić information content (AvgIpc) is 2.95. The lowest BCUT2D eigenvalue weighted by molar-refractivity contribution is 0.217. The second-order valence-electron chi connectivity index (χ2n) is 7.63. The average molecular weight is 370 g/mol. The number of amides is 2. The fraction of sp³-hybridized carbons (Fsp3) is 0.524. The van der Waals surface area contributed by atoms with Gasteiger partial charge in [0.2, 0.25) is 0 Å². The van der Waals surface area contributed by atoms with Crippen LogP contribution in [0.2, 0.25) is 0 Å². The Hall–Kier alpha value is -2.34. The van der Waals surface area contributed by atoms with Crippen LogP contribution in [0.5, 0.6) is 0 Å². The van der Waals surface area contributed by atoms with Gasteiger partial charge in [0.05, 0.1) is 17.9 Å². The van der Waals surface area contributed by atoms with Gasteiger partial charge in [0.25, 0.3) is 0 Å². The molecule has 0 spiro atoms. The molecule has 0 radical (unpaired) electrons. The summed E-state index contributed by atoms with van der Waals surface area (Å²) in [5.41, 5.74) is 3.59. The number of fused-ring (bicyclic) bond motifs is 1. The zero-order chi connectivity index (χ0) is 19.2. The molecule has 1 aromatic carbocycles. The lowest BCUT2D eigenvalue weighted by Gasteiger charge is -2.22. The van der Waals surface area contributed by atoms with Crippen molar-refractivity contribution in [1.82, 2.24) is 24.9 Å². The SMILES string of the molecule is C[C@H](CCN1CCCn2nc(CNC(=O)N(C)C)cc2C1)c1ccccc1. The van der Waals surface area contributed by atoms with E-state index in [4.69, 9.17) is 0 Å². The van der Waals surface area contributed by atoms with Gasteiger partial charge in [-0.1, -0.05) is 37.3 Å². The van der Waals surface area contributed by atoms with Crippen molar-refractivity contribution in [2.45, 2.75) is 45.3 Å². The van der Waals surface area contributed by atoms with Gasteiger partial charge in [0.1, 0.15) is 0 Å². The fourth-order valence-corrected chi connectivity index (χ4v) is 3.51. The molecule has 1 N–H and O–H groups in total. The van der Waals surface area contributed by atoms with Gasteiger partial charge in [-0.15, -0.1) is 0 Å². The van der Waals surface area contributed by atoms with Crippen LogP contribution in [-0.4, -0.2) is 52.8 Å². The van der Waals surface area contributed by atoms with E-state index in [9.17, 15) is 4.79 Å². The zero-order valence-corrected chi connectivity index (χ0v) is 16.7. The normalized spacial score (nSPS) is 15.7. The van der Waals surface area contributed by atoms with Gasteiger partial charge in [0, 0.05) is 33.7 Å². The highest BCUT2D eigenvalue weighted by Crippen LogP contribution is 2.21. The monoisotopic (exact) mass is 369 g/mol. The van der Waals surface area contributed by atoms with Gasteiger partial charge >= 0.3 is 6.03 Å². The molecular weight excluding hydrogens is 338 g/mol. The van der Waals surface area contributed by atoms with E-state index in [-0.39, 0.29) is 6.03 Å². The van der Waals surface area contributed by atoms with E-state index < -0.39 is 0 Å². The second-order valence-corrected chi connectivity index (χ2v) is 7.63. The van der Waals surface area contributed by atoms with Crippen LogP contribution in [0.15, 0.2) is 36.4 Å². The highest BCUT2D eigenvalue weighted by Gasteiger charge is 2.18. The molecule has 0 saturated heterocycles. The van der Waals surface area contributed by atoms with E-state index in [0.717, 1.165) is 44.7 Å². The van der Waals surface area contributed by atoms with Crippen molar-refractivity contribution < 1.29 is 4.79 Å². The summed E-state index contributed by atoms with van der Waals surface area (Å²) in [5, 5.41) is 7.57. The van der Waals surface area contributed by atoms with E-state index in [1.54, 1.807) is 14.1 Å². The number of carbonyl (C=O) groups is 1. The van der Waals surface area contributed by atoms with Crippen LogP contribution in [0.1, 0.15) is 42.6 Å². The van der Waals surface area contributed by atoms with Gasteiger partial charge in [-0.2, -0.15) is 5.10 Å². The summed E-state index contributed by atoms with van der Waals surface area (Å²) in [4.78, 5) is 15.8. The number of hydrogen-bond donors (Lipinski definition) is 1. The molecule has 0 fully saturated rings. The molecule has 1 atom stereocenters. The second kappa shape index (κ2) is 9.04. The van der Waals surface area contributed by atoms with Gasteiger partial charge in [0.15, 0.2) is 0 Å². The summed E-state index contributed by atoms with van der Waals surface area (Å²) in [6.45, 7) is 6.86. The summed E-state index contributed by atoms with van der Waals surface area (Å²) in [6, 6.07) is 12.8. The smallest absolute Gasteiger partial charge is 0.317 e. The molecule has 2 heterocycles. The van der Waals surface area contributed by atoms with Gasteiger partial charge in [-0.25, -0.2) is 4.79 Å². The molecule has 1 aliphatic rings. The molecular formula is C21H31N5O. The quantitative estimate of drug-likeness (QED) is 0.851. The Morgan fingerprint density at radius 3 is 2.78 bits per heavy atom. The number of carbonyl (C=O) groups excluding carboxylic acids is 1. The maximum Gasteiger partial charge on any atom is 0.317 e. The Morgan fingerprint density at radius 1 is 1.26 bits per heavy atom. The minimum atomic E-state index is -0.0882. The number of nitrogens with one attached hydrogen (secondary N) is 1. The first-order chi connectivity index (χ1) is 13.0. The van der Waals surface area contributed by atoms with Crippen LogP contribution in [0.3, 0.4) is 0 Å². The fourth-order valence-electron chi connectivity index (χ4n) is 3.51. The van der Waals surface area contributed by atoms with Crippen molar-refractivity contribution >= 4 is 6.03 Å². The van der Waals surface area contributed by atoms with Gasteiger partial charge < -0.3 is 10.2 Å². The summed E-state index contributed by atoms with van der Waals surface area (Å²) in [6.07, 6.45) is 2.27. The molecule has 1 aromatic heterocycles. The first kappa shape index (κ1) is 19.4. The summed E-state index contributed by atoms with van der Waals surface area (Å²) in [5.74, 6) is 0.566. The predicted molar refractivity (Wildman–Crippen MR) is 108 cm³/mol. The number of aromatic nitrogens is 2. The Morgan fingerprint density at radius 2 is 2.04 bits per heavy atom. The van der Waals surface area contributed by atoms with Gasteiger partial charge in [-0.3, -0.25) is 9.58 Å². The minimum absolute atomic E-state index is 0.0882. The first-order valence-electron chi connectivity index (χ1n) is 9.81. The van der Waals surface area contributed by atoms with E-state index >= 15 is 0 Å². The van der Waals surface area contributed by atoms with Crippen molar-refractivity contribution in [1.29, 1.82) is 0 Å². The van der Waals surface area contributed by atoms with Crippen LogP contribution in [0.4, 0.5) is 4.79 Å². The first-order valence-corrected chi connectivity index (χ1v) is 9.81. The van der Waals surface area contributed by atoms with E-state index in [1.807, 2.05) is 0 Å². The summed E-state index contributed by atoms with van der Waals surface area (Å²) in [7, 11) is 3.48. The van der Waals surface area contributed by atoms with E-state index in [2.05, 4.69) is 63.3 Å². The molecule has 6 nitrogen and oxygen atoms in total. The molecule has 3 rings (SSSR count). The number of hydrogen-bond acceptors (Lipinski definition) is 3. The topological polar surface area (TPSA) is 53.4 Å². The molecule has 27 heavy (non-hydrogen) atoms. The molecule has 2 amide bonds. The van der Waals surface area contributed by atoms with Crippen molar-refractivity contribution in [2.75, 3.05) is 27.2 Å². The molecule has 0 unspecified atom stereocenters. The summed E-state index contributed by atoms with van der Waals surface area (Å²) >= 11 is 0. The molecule has 2 aromatic rings. The molecule has 146 valence electrons. The van der Waals surface area contributed by atoms with Crippen LogP contribution in [-0.2, 0) is 19.6 Å². The standard InChI is InChI=1S/C21H31N5O/c1-17(18-8-5-4-6-9-18)10-13-25-11-7-12-26-20(16-25)14-19(23-26)15-22-21(27)24(2)3/h4-6,8-9,14,17H,7,10-13,15-16H2,1-3H3,(H,22,27)/t17-/m1/s1. The van der Waals surface area contributed by atoms with E-state index in [0.29, 0.717) is 12.5 Å². The van der Waals surface area contributed by atoms with Crippen LogP contribution < -0.4 is 5.32 Å². The third kappa shape index (κ3) is 5.32. The Kier molecular flexibility index (Phi) is 6.50. The lowest BCUT2D eigenvalue weighted by atomic mass is 9.98. The predicted octanol–water partition coefficient (Wildman–Crippen LogP) is 3.05. The largest absolute Gasteiger partial charge is 0.332 e. The van der Waals surface area contributed by atoms with Crippen LogP contribution in [0.25, 0.3) is 0 Å². The molecule has 0 saturated carbocycles. The Balaban J connectivity index is 1.55. The summed E-state index contributed by atoms with van der Waals surface area (Å²) < 4.78 is 2.11. The molecule has 0 bridgehead atoms. The Bertz CT molecular complexity index is 740. The molecule has 0 aliphatic carbocycles. The number of urea groups is 1. The number of aryl methyl sites for hydroxylation is 1. The minimum Gasteiger partial charge on any atom is -0.332 e. The number of benzene rings is 1. The van der Waals surface area contributed by atoms with Crippen molar-refractivity contribution in [2.24, 2.45) is 0 Å². The Labute approximate surface area is 162 Å². The van der Waals surface area contributed by atoms with E-state index in [1.165, 1.54) is 16.2 Å². The zero-order valence-electron chi connectivity index (χ0n) is 16.7. The third-order valence-electron chi connectivity index (χ3n) is 5.22. The van der Waals surface area contributed by atoms with Crippen LogP contribution >= 0.6 is 0 Å². The van der Waals surface area contributed by atoms with Crippen LogP contribution in [0, 0.1) is 0 Å². The maximum atomic E-state index is 11.7. The highest BCUT2D eigenvalue weighted by molar-refractivity contribution is 5.73. The van der Waals surface area contributed by atoms with Crippen molar-refractivity contribution in [3.8, 4) is 0 Å². The van der Waals surface area contributed by atoms with Crippen molar-refractivity contribution in [3.63, 3.8) is 0 Å². The van der Waals surface area contributed by atoms with Crippen molar-refractivity contribution in [3.05, 3.63) is 53.3 Å². The maximum absolute atomic E-state index is 11.7. The van der Waals surface area contributed by atoms with Gasteiger partial charge in [-0.05, 0) is 36.9 Å². The lowest BCUT2D eigenvalue weighted by Crippen LogP contribution is -2.34.